The fourth-order valence-corrected chi connectivity index (χ4v) is 5.39. The quantitative estimate of drug-likeness (QED) is 0.147. The second kappa shape index (κ2) is 12.6. The Bertz CT molecular complexity index is 1600. The van der Waals surface area contributed by atoms with Gasteiger partial charge < -0.3 is 18.9 Å². The SMILES string of the molecule is COC(=O)/C=C1/C(=C/C(=O)OC)[C@](OC(=O)c2ccccc2)(c2ccccc2)[C@@]1(OC(=O)c1ccccc1)c1ccccc1. The lowest BCUT2D eigenvalue weighted by molar-refractivity contribution is -0.163. The van der Waals surface area contributed by atoms with Crippen LogP contribution in [0.25, 0.3) is 0 Å². The molecule has 1 fully saturated rings. The van der Waals surface area contributed by atoms with Crippen LogP contribution in [-0.2, 0) is 39.7 Å². The number of carbonyl (C=O) groups excluding carboxylic acids is 4. The van der Waals surface area contributed by atoms with Gasteiger partial charge in [0, 0.05) is 34.4 Å². The first kappa shape index (κ1) is 29.7. The molecule has 0 bridgehead atoms. The highest BCUT2D eigenvalue weighted by Crippen LogP contribution is 2.67. The van der Waals surface area contributed by atoms with E-state index in [1.54, 1.807) is 121 Å². The third-order valence-electron chi connectivity index (χ3n) is 7.34. The number of esters is 4. The number of ether oxygens (including phenoxy) is 4. The van der Waals surface area contributed by atoms with Crippen LogP contribution in [0.15, 0.2) is 145 Å². The summed E-state index contributed by atoms with van der Waals surface area (Å²) in [6, 6.07) is 33.7. The minimum atomic E-state index is -1.99. The summed E-state index contributed by atoms with van der Waals surface area (Å²) in [7, 11) is 2.39. The molecule has 0 unspecified atom stereocenters. The van der Waals surface area contributed by atoms with Crippen molar-refractivity contribution in [2.24, 2.45) is 0 Å². The van der Waals surface area contributed by atoms with Gasteiger partial charge >= 0.3 is 23.9 Å². The summed E-state index contributed by atoms with van der Waals surface area (Å²) in [4.78, 5) is 53.7. The molecule has 0 aliphatic heterocycles. The molecule has 0 heterocycles. The number of carbonyl (C=O) groups is 4. The molecule has 0 saturated heterocycles. The molecular weight excluding hydrogens is 560 g/mol. The summed E-state index contributed by atoms with van der Waals surface area (Å²) in [5.41, 5.74) is -2.69. The van der Waals surface area contributed by atoms with Gasteiger partial charge in [-0.3, -0.25) is 0 Å². The summed E-state index contributed by atoms with van der Waals surface area (Å²) in [5.74, 6) is -3.11. The molecule has 0 spiro atoms. The summed E-state index contributed by atoms with van der Waals surface area (Å²) < 4.78 is 22.9. The van der Waals surface area contributed by atoms with Gasteiger partial charge in [-0.2, -0.15) is 0 Å². The molecule has 8 nitrogen and oxygen atoms in total. The van der Waals surface area contributed by atoms with Crippen LogP contribution in [0.3, 0.4) is 0 Å². The van der Waals surface area contributed by atoms with Crippen LogP contribution in [0.4, 0.5) is 0 Å². The van der Waals surface area contributed by atoms with Gasteiger partial charge in [0.2, 0.25) is 11.2 Å². The zero-order valence-electron chi connectivity index (χ0n) is 24.0. The standard InChI is InChI=1S/C36H28O8/c1-41-31(37)23-29-30(24-32(38)42-2)36(28-21-13-6-14-22-28,44-34(40)26-17-9-4-10-18-26)35(29,27-19-11-5-12-20-27)43-33(39)25-15-7-3-8-16-25/h3-24H,1-2H3/b29-23-,30-24-/t35-,36-/m1/s1. The first-order valence-corrected chi connectivity index (χ1v) is 13.7. The molecule has 2 atom stereocenters. The van der Waals surface area contributed by atoms with Gasteiger partial charge in [0.05, 0.1) is 25.3 Å². The molecule has 1 aliphatic carbocycles. The van der Waals surface area contributed by atoms with Gasteiger partial charge in [-0.1, -0.05) is 97.1 Å². The Morgan fingerprint density at radius 3 is 1.07 bits per heavy atom. The number of methoxy groups -OCH3 is 2. The van der Waals surface area contributed by atoms with Crippen LogP contribution in [0.2, 0.25) is 0 Å². The molecular formula is C36H28O8. The van der Waals surface area contributed by atoms with Gasteiger partial charge in [-0.15, -0.1) is 0 Å². The normalized spacial score (nSPS) is 20.7. The third kappa shape index (κ3) is 5.18. The van der Waals surface area contributed by atoms with Crippen LogP contribution >= 0.6 is 0 Å². The molecule has 0 amide bonds. The topological polar surface area (TPSA) is 105 Å². The summed E-state index contributed by atoms with van der Waals surface area (Å²) in [5, 5.41) is 0. The van der Waals surface area contributed by atoms with Crippen molar-refractivity contribution in [2.45, 2.75) is 11.2 Å². The van der Waals surface area contributed by atoms with Crippen molar-refractivity contribution < 1.29 is 38.1 Å². The lowest BCUT2D eigenvalue weighted by Gasteiger charge is -2.59. The first-order valence-electron chi connectivity index (χ1n) is 13.7. The Morgan fingerprint density at radius 1 is 0.477 bits per heavy atom. The van der Waals surface area contributed by atoms with Crippen LogP contribution < -0.4 is 0 Å². The van der Waals surface area contributed by atoms with Crippen LogP contribution in [0, 0.1) is 0 Å². The molecule has 0 aromatic heterocycles. The van der Waals surface area contributed by atoms with Gasteiger partial charge in [0.1, 0.15) is 0 Å². The van der Waals surface area contributed by atoms with E-state index in [0.717, 1.165) is 12.2 Å². The minimum absolute atomic E-state index is 0.0648. The molecule has 1 saturated carbocycles. The van der Waals surface area contributed by atoms with E-state index < -0.39 is 35.1 Å². The molecule has 220 valence electrons. The smallest absolute Gasteiger partial charge is 0.339 e. The van der Waals surface area contributed by atoms with E-state index in [2.05, 4.69) is 0 Å². The van der Waals surface area contributed by atoms with Crippen molar-refractivity contribution in [3.63, 3.8) is 0 Å². The van der Waals surface area contributed by atoms with E-state index in [4.69, 9.17) is 18.9 Å². The molecule has 0 radical (unpaired) electrons. The van der Waals surface area contributed by atoms with Gasteiger partial charge in [0.25, 0.3) is 0 Å². The lowest BCUT2D eigenvalue weighted by atomic mass is 9.52. The number of hydrogen-bond acceptors (Lipinski definition) is 8. The largest absolute Gasteiger partial charge is 0.466 e. The van der Waals surface area contributed by atoms with E-state index in [1.807, 2.05) is 0 Å². The maximum atomic E-state index is 14.0. The van der Waals surface area contributed by atoms with E-state index in [-0.39, 0.29) is 22.3 Å². The molecule has 0 N–H and O–H groups in total. The molecule has 4 aromatic carbocycles. The fraction of sp³-hybridized carbons (Fsp3) is 0.111. The lowest BCUT2D eigenvalue weighted by Crippen LogP contribution is -2.66. The molecule has 8 heteroatoms. The van der Waals surface area contributed by atoms with Crippen molar-refractivity contribution in [1.29, 1.82) is 0 Å². The summed E-state index contributed by atoms with van der Waals surface area (Å²) >= 11 is 0. The number of benzene rings is 4. The fourth-order valence-electron chi connectivity index (χ4n) is 5.39. The monoisotopic (exact) mass is 588 g/mol. The Kier molecular flexibility index (Phi) is 8.53. The second-order valence-corrected chi connectivity index (χ2v) is 9.77. The second-order valence-electron chi connectivity index (χ2n) is 9.77. The van der Waals surface area contributed by atoms with Crippen molar-refractivity contribution in [3.8, 4) is 0 Å². The summed E-state index contributed by atoms with van der Waals surface area (Å²) in [6.45, 7) is 0. The zero-order valence-corrected chi connectivity index (χ0v) is 24.0. The average molecular weight is 589 g/mol. The molecule has 5 rings (SSSR count). The van der Waals surface area contributed by atoms with Crippen LogP contribution in [0.1, 0.15) is 31.8 Å². The average Bonchev–Trinajstić information content (AvgIpc) is 3.09. The maximum Gasteiger partial charge on any atom is 0.339 e. The van der Waals surface area contributed by atoms with Gasteiger partial charge in [-0.05, 0) is 24.3 Å². The Morgan fingerprint density at radius 2 is 0.773 bits per heavy atom. The Balaban J connectivity index is 1.90. The third-order valence-corrected chi connectivity index (χ3v) is 7.34. The predicted octanol–water partition coefficient (Wildman–Crippen LogP) is 5.70. The van der Waals surface area contributed by atoms with Crippen LogP contribution in [-0.4, -0.2) is 38.1 Å². The van der Waals surface area contributed by atoms with Crippen molar-refractivity contribution >= 4 is 23.9 Å². The van der Waals surface area contributed by atoms with E-state index in [9.17, 15) is 19.2 Å². The molecule has 4 aromatic rings. The maximum absolute atomic E-state index is 14.0. The highest BCUT2D eigenvalue weighted by Gasteiger charge is 2.74. The van der Waals surface area contributed by atoms with Crippen LogP contribution in [0.5, 0.6) is 0 Å². The predicted molar refractivity (Wildman–Crippen MR) is 160 cm³/mol. The molecule has 44 heavy (non-hydrogen) atoms. The number of rotatable bonds is 8. The summed E-state index contributed by atoms with van der Waals surface area (Å²) in [6.07, 6.45) is 2.25. The van der Waals surface area contributed by atoms with Gasteiger partial charge in [0.15, 0.2) is 0 Å². The number of hydrogen-bond donors (Lipinski definition) is 0. The minimum Gasteiger partial charge on any atom is -0.466 e. The highest BCUT2D eigenvalue weighted by atomic mass is 16.6. The van der Waals surface area contributed by atoms with Gasteiger partial charge in [-0.25, -0.2) is 19.2 Å². The van der Waals surface area contributed by atoms with Crippen molar-refractivity contribution in [3.05, 3.63) is 167 Å². The van der Waals surface area contributed by atoms with Crippen molar-refractivity contribution in [2.75, 3.05) is 14.2 Å². The Hall–Kier alpha value is -5.76. The Labute approximate surface area is 254 Å². The van der Waals surface area contributed by atoms with Crippen molar-refractivity contribution in [1.82, 2.24) is 0 Å². The molecule has 1 aliphatic rings. The van der Waals surface area contributed by atoms with E-state index in [1.165, 1.54) is 14.2 Å². The van der Waals surface area contributed by atoms with E-state index >= 15 is 0 Å². The first-order chi connectivity index (χ1) is 21.4. The van der Waals surface area contributed by atoms with E-state index in [0.29, 0.717) is 11.1 Å². The highest BCUT2D eigenvalue weighted by molar-refractivity contribution is 5.96. The zero-order chi connectivity index (χ0) is 31.2.